The van der Waals surface area contributed by atoms with Crippen LogP contribution in [0.5, 0.6) is 11.5 Å². The Hall–Kier alpha value is -1.53. The second-order valence-corrected chi connectivity index (χ2v) is 9.31. The highest BCUT2D eigenvalue weighted by Crippen LogP contribution is 2.32. The largest absolute Gasteiger partial charge is 0.494 e. The molecule has 0 saturated heterocycles. The summed E-state index contributed by atoms with van der Waals surface area (Å²) in [5, 5.41) is 2.85. The molecule has 1 aliphatic rings. The number of benzene rings is 2. The van der Waals surface area contributed by atoms with Crippen LogP contribution < -0.4 is 14.8 Å². The van der Waals surface area contributed by atoms with Crippen molar-refractivity contribution in [2.75, 3.05) is 18.5 Å². The molecular weight excluding hydrogens is 498 g/mol. The fraction of sp³-hybridized carbons (Fsp3) is 0.435. The first-order chi connectivity index (χ1) is 14.0. The van der Waals surface area contributed by atoms with Gasteiger partial charge in [0.1, 0.15) is 11.5 Å². The zero-order valence-electron chi connectivity index (χ0n) is 16.7. The third kappa shape index (κ3) is 7.03. The summed E-state index contributed by atoms with van der Waals surface area (Å²) in [5.74, 6) is 2.12. The highest BCUT2D eigenvalue weighted by atomic mass is 79.9. The van der Waals surface area contributed by atoms with Crippen LogP contribution in [0.1, 0.15) is 44.1 Å². The smallest absolute Gasteiger partial charge is 0.262 e. The molecule has 0 bridgehead atoms. The Labute approximate surface area is 189 Å². The molecule has 0 radical (unpaired) electrons. The standard InChI is InChI=1S/C23H27Br2NO3/c1-16-13-18(24)14-21(25)23(16)29-15-22(27)26-19-7-9-20(10-8-19)28-12-11-17-5-3-2-4-6-17/h7-10,13-14,17H,2-6,11-12,15H2,1H3,(H,26,27). The number of aryl methyl sites for hydroxylation is 1. The average molecular weight is 525 g/mol. The topological polar surface area (TPSA) is 47.6 Å². The van der Waals surface area contributed by atoms with Crippen molar-refractivity contribution >= 4 is 43.5 Å². The summed E-state index contributed by atoms with van der Waals surface area (Å²) in [6.45, 7) is 2.64. The summed E-state index contributed by atoms with van der Waals surface area (Å²) >= 11 is 6.91. The Morgan fingerprint density at radius 1 is 1.07 bits per heavy atom. The number of ether oxygens (including phenoxy) is 2. The van der Waals surface area contributed by atoms with Crippen molar-refractivity contribution in [2.24, 2.45) is 5.92 Å². The van der Waals surface area contributed by atoms with Crippen molar-refractivity contribution in [1.29, 1.82) is 0 Å². The van der Waals surface area contributed by atoms with Gasteiger partial charge in [0.2, 0.25) is 0 Å². The quantitative estimate of drug-likeness (QED) is 0.409. The van der Waals surface area contributed by atoms with Gasteiger partial charge in [-0.15, -0.1) is 0 Å². The minimum Gasteiger partial charge on any atom is -0.494 e. The van der Waals surface area contributed by atoms with Gasteiger partial charge in [-0.2, -0.15) is 0 Å². The summed E-state index contributed by atoms with van der Waals surface area (Å²) in [5.41, 5.74) is 1.68. The van der Waals surface area contributed by atoms with E-state index < -0.39 is 0 Å². The number of amides is 1. The predicted octanol–water partition coefficient (Wildman–Crippen LogP) is 6.89. The molecule has 6 heteroatoms. The maximum atomic E-state index is 12.2. The van der Waals surface area contributed by atoms with Gasteiger partial charge in [-0.3, -0.25) is 4.79 Å². The first-order valence-electron chi connectivity index (χ1n) is 10.1. The van der Waals surface area contributed by atoms with Crippen molar-refractivity contribution in [3.63, 3.8) is 0 Å². The Balaban J connectivity index is 1.42. The monoisotopic (exact) mass is 523 g/mol. The molecule has 1 N–H and O–H groups in total. The summed E-state index contributed by atoms with van der Waals surface area (Å²) < 4.78 is 13.3. The van der Waals surface area contributed by atoms with E-state index >= 15 is 0 Å². The Bertz CT molecular complexity index is 794. The second kappa shape index (κ2) is 11.0. The number of hydrogen-bond acceptors (Lipinski definition) is 3. The Morgan fingerprint density at radius 2 is 1.79 bits per heavy atom. The lowest BCUT2D eigenvalue weighted by Gasteiger charge is -2.21. The van der Waals surface area contributed by atoms with Gasteiger partial charge in [0.15, 0.2) is 6.61 Å². The van der Waals surface area contributed by atoms with E-state index in [9.17, 15) is 4.79 Å². The molecule has 1 amide bonds. The van der Waals surface area contributed by atoms with Crippen LogP contribution in [0.25, 0.3) is 0 Å². The normalized spacial score (nSPS) is 14.4. The number of carbonyl (C=O) groups is 1. The van der Waals surface area contributed by atoms with E-state index in [0.29, 0.717) is 5.75 Å². The molecule has 1 saturated carbocycles. The summed E-state index contributed by atoms with van der Waals surface area (Å²) in [7, 11) is 0. The van der Waals surface area contributed by atoms with Crippen LogP contribution in [0.15, 0.2) is 45.3 Å². The minimum atomic E-state index is -0.204. The lowest BCUT2D eigenvalue weighted by molar-refractivity contribution is -0.118. The van der Waals surface area contributed by atoms with E-state index in [4.69, 9.17) is 9.47 Å². The molecule has 0 atom stereocenters. The molecule has 1 fully saturated rings. The molecule has 0 unspecified atom stereocenters. The number of rotatable bonds is 8. The van der Waals surface area contributed by atoms with Gasteiger partial charge in [-0.1, -0.05) is 48.0 Å². The number of halogens is 2. The van der Waals surface area contributed by atoms with Crippen molar-refractivity contribution in [2.45, 2.75) is 45.4 Å². The summed E-state index contributed by atoms with van der Waals surface area (Å²) in [4.78, 5) is 12.2. The molecule has 29 heavy (non-hydrogen) atoms. The highest BCUT2D eigenvalue weighted by molar-refractivity contribution is 9.11. The van der Waals surface area contributed by atoms with E-state index in [-0.39, 0.29) is 12.5 Å². The molecule has 3 rings (SSSR count). The van der Waals surface area contributed by atoms with Gasteiger partial charge in [-0.25, -0.2) is 0 Å². The zero-order valence-corrected chi connectivity index (χ0v) is 19.9. The van der Waals surface area contributed by atoms with Crippen molar-refractivity contribution < 1.29 is 14.3 Å². The van der Waals surface area contributed by atoms with Crippen molar-refractivity contribution in [1.82, 2.24) is 0 Å². The van der Waals surface area contributed by atoms with Crippen molar-refractivity contribution in [3.05, 3.63) is 50.9 Å². The number of hydrogen-bond donors (Lipinski definition) is 1. The highest BCUT2D eigenvalue weighted by Gasteiger charge is 2.13. The Kier molecular flexibility index (Phi) is 8.42. The van der Waals surface area contributed by atoms with Crippen LogP contribution in [-0.4, -0.2) is 19.1 Å². The molecule has 0 aliphatic heterocycles. The van der Waals surface area contributed by atoms with Crippen LogP contribution in [-0.2, 0) is 4.79 Å². The van der Waals surface area contributed by atoms with Crippen LogP contribution >= 0.6 is 31.9 Å². The maximum absolute atomic E-state index is 12.2. The zero-order chi connectivity index (χ0) is 20.6. The fourth-order valence-corrected chi connectivity index (χ4v) is 5.21. The minimum absolute atomic E-state index is 0.0548. The number of carbonyl (C=O) groups excluding carboxylic acids is 1. The lowest BCUT2D eigenvalue weighted by Crippen LogP contribution is -2.20. The van der Waals surface area contributed by atoms with E-state index in [1.165, 1.54) is 32.1 Å². The lowest BCUT2D eigenvalue weighted by atomic mass is 9.87. The molecule has 2 aromatic carbocycles. The number of anilines is 1. The summed E-state index contributed by atoms with van der Waals surface area (Å²) in [6, 6.07) is 11.3. The average Bonchev–Trinajstić information content (AvgIpc) is 2.69. The van der Waals surface area contributed by atoms with E-state index in [1.807, 2.05) is 43.3 Å². The molecule has 156 valence electrons. The first-order valence-corrected chi connectivity index (χ1v) is 11.7. The fourth-order valence-electron chi connectivity index (χ4n) is 3.66. The first kappa shape index (κ1) is 22.2. The van der Waals surface area contributed by atoms with Gasteiger partial charge < -0.3 is 14.8 Å². The maximum Gasteiger partial charge on any atom is 0.262 e. The van der Waals surface area contributed by atoms with Gasteiger partial charge >= 0.3 is 0 Å². The van der Waals surface area contributed by atoms with Gasteiger partial charge in [0, 0.05) is 10.2 Å². The van der Waals surface area contributed by atoms with Gasteiger partial charge in [-0.05, 0) is 77.2 Å². The number of nitrogens with one attached hydrogen (secondary N) is 1. The second-order valence-electron chi connectivity index (χ2n) is 7.54. The van der Waals surface area contributed by atoms with Crippen LogP contribution in [0, 0.1) is 12.8 Å². The van der Waals surface area contributed by atoms with E-state index in [0.717, 1.165) is 44.9 Å². The van der Waals surface area contributed by atoms with E-state index in [2.05, 4.69) is 37.2 Å². The SMILES string of the molecule is Cc1cc(Br)cc(Br)c1OCC(=O)Nc1ccc(OCCC2CCCCC2)cc1. The molecule has 2 aromatic rings. The van der Waals surface area contributed by atoms with Crippen LogP contribution in [0.3, 0.4) is 0 Å². The van der Waals surface area contributed by atoms with Crippen LogP contribution in [0.4, 0.5) is 5.69 Å². The molecule has 1 aliphatic carbocycles. The molecule has 0 heterocycles. The third-order valence-electron chi connectivity index (χ3n) is 5.20. The molecule has 0 aromatic heterocycles. The third-order valence-corrected chi connectivity index (χ3v) is 6.25. The molecular formula is C23H27Br2NO3. The summed E-state index contributed by atoms with van der Waals surface area (Å²) in [6.07, 6.45) is 7.91. The molecule has 4 nitrogen and oxygen atoms in total. The van der Waals surface area contributed by atoms with Gasteiger partial charge in [0.25, 0.3) is 5.91 Å². The van der Waals surface area contributed by atoms with Gasteiger partial charge in [0.05, 0.1) is 11.1 Å². The van der Waals surface area contributed by atoms with Crippen molar-refractivity contribution in [3.8, 4) is 11.5 Å². The Morgan fingerprint density at radius 3 is 2.48 bits per heavy atom. The van der Waals surface area contributed by atoms with E-state index in [1.54, 1.807) is 0 Å². The predicted molar refractivity (Wildman–Crippen MR) is 124 cm³/mol. The molecule has 0 spiro atoms. The van der Waals surface area contributed by atoms with Crippen LogP contribution in [0.2, 0.25) is 0 Å².